The van der Waals surface area contributed by atoms with E-state index in [0.29, 0.717) is 39.0 Å². The van der Waals surface area contributed by atoms with Crippen LogP contribution < -0.4 is 10.6 Å². The van der Waals surface area contributed by atoms with Gasteiger partial charge in [-0.25, -0.2) is 4.79 Å². The second-order valence-electron chi connectivity index (χ2n) is 24.1. The van der Waals surface area contributed by atoms with Crippen molar-refractivity contribution in [3.05, 3.63) is 215 Å². The average molecular weight is 1230 g/mol. The third-order valence-corrected chi connectivity index (χ3v) is 16.7. The number of hydrogen-bond acceptors (Lipinski definition) is 10. The molecule has 488 valence electrons. The molecule has 8 atom stereocenters. The van der Waals surface area contributed by atoms with Gasteiger partial charge in [0.25, 0.3) is 0 Å². The van der Waals surface area contributed by atoms with E-state index in [2.05, 4.69) is 54.0 Å². The number of carbonyl (C=O) groups excluding carboxylic acids is 1. The summed E-state index contributed by atoms with van der Waals surface area (Å²) in [5, 5.41) is 14.9. The maximum atomic E-state index is 14.7. The number of unbranched alkanes of at least 4 members (excludes halogenated alkanes) is 17. The molecular formula is C77H104N2O11. The Morgan fingerprint density at radius 3 is 1.32 bits per heavy atom. The van der Waals surface area contributed by atoms with Crippen LogP contribution in [0.5, 0.6) is 0 Å². The summed E-state index contributed by atoms with van der Waals surface area (Å²) in [6.45, 7) is 4.67. The maximum Gasteiger partial charge on any atom is 0.404 e. The summed E-state index contributed by atoms with van der Waals surface area (Å²) in [5.41, 5.74) is 6.04. The third kappa shape index (κ3) is 28.5. The molecule has 7 rings (SSSR count). The molecule has 1 heterocycles. The van der Waals surface area contributed by atoms with Crippen LogP contribution in [0.4, 0.5) is 4.79 Å². The van der Waals surface area contributed by atoms with E-state index in [1.165, 1.54) is 57.8 Å². The Kier molecular flexibility index (Phi) is 35.0. The van der Waals surface area contributed by atoms with Gasteiger partial charge in [-0.2, -0.15) is 0 Å². The quantitative estimate of drug-likeness (QED) is 0.0313. The van der Waals surface area contributed by atoms with Crippen LogP contribution in [0.2, 0.25) is 0 Å². The molecule has 6 aromatic rings. The fourth-order valence-corrected chi connectivity index (χ4v) is 11.6. The molecule has 1 saturated heterocycles. The molecule has 1 aliphatic heterocycles. The van der Waals surface area contributed by atoms with E-state index in [1.54, 1.807) is 0 Å². The van der Waals surface area contributed by atoms with Crippen molar-refractivity contribution in [2.24, 2.45) is 0 Å². The fourth-order valence-electron chi connectivity index (χ4n) is 11.6. The standard InChI is InChI=1S/C77H104N2O11/c1-2-3-4-5-6-7-8-9-10-12-15-36-51-69(84-55-63-41-26-19-27-42-63)72(85-56-64-43-28-20-29-44-64)68(79-71(80)52-37-16-13-11-14-17-38-53-78-77(81)82)60-89-76-75(88-59-67-49-34-23-35-50-67)74(87-58-66-47-32-22-33-48-66)73(86-57-65-45-30-21-31-46-65)70(90-76)61-83-54-62-39-24-18-25-40-62/h18-35,39-50,68-70,72-76,78H,2-17,36-38,51-61H2,1H3,(H,79,80)(H,81,82)/t68-,69+,70+,72-,73-,74-,75+,76-/m0/s1. The number of carbonyl (C=O) groups is 2. The number of amides is 2. The molecule has 0 aromatic heterocycles. The molecule has 13 heteroatoms. The first-order chi connectivity index (χ1) is 44.4. The van der Waals surface area contributed by atoms with Gasteiger partial charge in [-0.3, -0.25) is 4.79 Å². The van der Waals surface area contributed by atoms with Crippen molar-refractivity contribution in [1.82, 2.24) is 10.6 Å². The molecule has 6 aromatic carbocycles. The largest absolute Gasteiger partial charge is 0.465 e. The van der Waals surface area contributed by atoms with Gasteiger partial charge in [0.2, 0.25) is 5.91 Å². The summed E-state index contributed by atoms with van der Waals surface area (Å²) in [7, 11) is 0. The Morgan fingerprint density at radius 2 is 0.844 bits per heavy atom. The Bertz CT molecular complexity index is 2730. The van der Waals surface area contributed by atoms with Gasteiger partial charge in [-0.1, -0.05) is 298 Å². The lowest BCUT2D eigenvalue weighted by Crippen LogP contribution is -2.62. The van der Waals surface area contributed by atoms with E-state index in [9.17, 15) is 9.59 Å². The Hall–Kier alpha value is -6.26. The van der Waals surface area contributed by atoms with E-state index in [-0.39, 0.29) is 45.5 Å². The fraction of sp³-hybridized carbons (Fsp3) is 0.506. The number of benzene rings is 6. The second-order valence-corrected chi connectivity index (χ2v) is 24.1. The summed E-state index contributed by atoms with van der Waals surface area (Å²) in [5.74, 6) is -0.101. The minimum Gasteiger partial charge on any atom is -0.465 e. The third-order valence-electron chi connectivity index (χ3n) is 16.7. The lowest BCUT2D eigenvalue weighted by molar-refractivity contribution is -0.330. The van der Waals surface area contributed by atoms with Crippen molar-refractivity contribution >= 4 is 12.0 Å². The zero-order valence-electron chi connectivity index (χ0n) is 53.7. The molecule has 0 aliphatic carbocycles. The van der Waals surface area contributed by atoms with E-state index in [0.717, 1.165) is 91.2 Å². The molecule has 0 radical (unpaired) electrons. The van der Waals surface area contributed by atoms with Crippen LogP contribution in [0.1, 0.15) is 175 Å². The van der Waals surface area contributed by atoms with Crippen molar-refractivity contribution in [3.63, 3.8) is 0 Å². The number of ether oxygens (including phenoxy) is 8. The van der Waals surface area contributed by atoms with Crippen molar-refractivity contribution < 1.29 is 52.6 Å². The zero-order valence-corrected chi connectivity index (χ0v) is 53.7. The van der Waals surface area contributed by atoms with Crippen LogP contribution in [-0.4, -0.2) is 85.8 Å². The van der Waals surface area contributed by atoms with Crippen LogP contribution in [-0.2, 0) is 82.3 Å². The predicted molar refractivity (Wildman–Crippen MR) is 356 cm³/mol. The molecule has 0 bridgehead atoms. The summed E-state index contributed by atoms with van der Waals surface area (Å²) in [6, 6.07) is 60.1. The van der Waals surface area contributed by atoms with Gasteiger partial charge in [0.05, 0.1) is 65.0 Å². The smallest absolute Gasteiger partial charge is 0.404 e. The first-order valence-electron chi connectivity index (χ1n) is 33.8. The molecule has 1 fully saturated rings. The summed E-state index contributed by atoms with van der Waals surface area (Å²) in [6.07, 6.45) is 16.1. The minimum absolute atomic E-state index is 0.0139. The second kappa shape index (κ2) is 44.3. The predicted octanol–water partition coefficient (Wildman–Crippen LogP) is 16.8. The van der Waals surface area contributed by atoms with Gasteiger partial charge in [0, 0.05) is 13.0 Å². The van der Waals surface area contributed by atoms with Crippen molar-refractivity contribution in [2.45, 2.75) is 230 Å². The SMILES string of the molecule is CCCCCCCCCCCCCC[C@@H](OCc1ccccc1)[C@@H](OCc1ccccc1)[C@H](CO[C@H]1O[C@H](COCc2ccccc2)[C@H](OCc2ccccc2)[C@H](OCc2ccccc2)[C@H]1OCc1ccccc1)NC(=O)CCCCCCCCCNC(=O)O. The van der Waals surface area contributed by atoms with Gasteiger partial charge in [0.1, 0.15) is 30.5 Å². The van der Waals surface area contributed by atoms with Crippen molar-refractivity contribution in [3.8, 4) is 0 Å². The minimum atomic E-state index is -1.04. The Morgan fingerprint density at radius 1 is 0.444 bits per heavy atom. The molecule has 13 nitrogen and oxygen atoms in total. The lowest BCUT2D eigenvalue weighted by atomic mass is 9.97. The van der Waals surface area contributed by atoms with Crippen LogP contribution in [0, 0.1) is 0 Å². The zero-order chi connectivity index (χ0) is 62.7. The normalized spacial score (nSPS) is 17.5. The van der Waals surface area contributed by atoms with Crippen LogP contribution in [0.3, 0.4) is 0 Å². The van der Waals surface area contributed by atoms with Crippen LogP contribution in [0.25, 0.3) is 0 Å². The molecule has 0 spiro atoms. The highest BCUT2D eigenvalue weighted by Crippen LogP contribution is 2.33. The van der Waals surface area contributed by atoms with Gasteiger partial charge in [0.15, 0.2) is 6.29 Å². The highest BCUT2D eigenvalue weighted by atomic mass is 16.7. The van der Waals surface area contributed by atoms with Gasteiger partial charge in [-0.05, 0) is 52.6 Å². The highest BCUT2D eigenvalue weighted by Gasteiger charge is 2.50. The maximum absolute atomic E-state index is 14.7. The number of rotatable bonds is 48. The van der Waals surface area contributed by atoms with Gasteiger partial charge in [-0.15, -0.1) is 0 Å². The Labute approximate surface area is 538 Å². The van der Waals surface area contributed by atoms with E-state index >= 15 is 0 Å². The first-order valence-corrected chi connectivity index (χ1v) is 33.8. The number of carboxylic acid groups (broad SMARTS) is 1. The van der Waals surface area contributed by atoms with E-state index in [1.807, 2.05) is 146 Å². The summed E-state index contributed by atoms with van der Waals surface area (Å²) < 4.78 is 56.6. The number of hydrogen-bond donors (Lipinski definition) is 3. The number of nitrogens with one attached hydrogen (secondary N) is 2. The topological polar surface area (TPSA) is 152 Å². The lowest BCUT2D eigenvalue weighted by Gasteiger charge is -2.46. The van der Waals surface area contributed by atoms with Crippen LogP contribution in [0.15, 0.2) is 182 Å². The Balaban J connectivity index is 1.20. The molecule has 2 amide bonds. The first kappa shape index (κ1) is 71.2. The molecule has 90 heavy (non-hydrogen) atoms. The van der Waals surface area contributed by atoms with Crippen molar-refractivity contribution in [2.75, 3.05) is 19.8 Å². The summed E-state index contributed by atoms with van der Waals surface area (Å²) >= 11 is 0. The highest BCUT2D eigenvalue weighted by molar-refractivity contribution is 5.76. The average Bonchev–Trinajstić information content (AvgIpc) is 0.967. The molecular weight excluding hydrogens is 1130 g/mol. The van der Waals surface area contributed by atoms with Gasteiger partial charge >= 0.3 is 6.09 Å². The molecule has 0 unspecified atom stereocenters. The molecule has 3 N–H and O–H groups in total. The molecule has 0 saturated carbocycles. The van der Waals surface area contributed by atoms with Crippen LogP contribution >= 0.6 is 0 Å². The summed E-state index contributed by atoms with van der Waals surface area (Å²) in [4.78, 5) is 25.6. The molecule has 1 aliphatic rings. The van der Waals surface area contributed by atoms with Gasteiger partial charge < -0.3 is 53.6 Å². The van der Waals surface area contributed by atoms with Crippen molar-refractivity contribution in [1.29, 1.82) is 0 Å². The van der Waals surface area contributed by atoms with E-state index in [4.69, 9.17) is 43.0 Å². The monoisotopic (exact) mass is 1230 g/mol. The van der Waals surface area contributed by atoms with E-state index < -0.39 is 55.0 Å².